The average Bonchev–Trinajstić information content (AvgIpc) is 2.79. The van der Waals surface area contributed by atoms with Crippen molar-refractivity contribution in [1.82, 2.24) is 9.62 Å². The van der Waals surface area contributed by atoms with Crippen LogP contribution in [0.3, 0.4) is 0 Å². The second kappa shape index (κ2) is 11.3. The first-order valence-corrected chi connectivity index (χ1v) is 13.8. The molecule has 37 heavy (non-hydrogen) atoms. The number of nitro groups is 1. The summed E-state index contributed by atoms with van der Waals surface area (Å²) < 4.78 is 21.5. The van der Waals surface area contributed by atoms with Crippen LogP contribution in [0.1, 0.15) is 59.9 Å². The first-order valence-electron chi connectivity index (χ1n) is 12.7. The van der Waals surface area contributed by atoms with Crippen LogP contribution in [0.4, 0.5) is 4.79 Å². The Balaban J connectivity index is 2.08. The molecule has 0 aromatic heterocycles. The van der Waals surface area contributed by atoms with Crippen LogP contribution < -0.4 is 4.72 Å². The van der Waals surface area contributed by atoms with E-state index in [-0.39, 0.29) is 4.92 Å². The second-order valence-electron chi connectivity index (χ2n) is 11.7. The number of rotatable bonds is 7. The Bertz CT molecular complexity index is 1130. The van der Waals surface area contributed by atoms with Gasteiger partial charge in [0.1, 0.15) is 11.1 Å². The topological polar surface area (TPSA) is 102 Å². The average molecular weight is 530 g/mol. The Morgan fingerprint density at radius 1 is 1.11 bits per heavy atom. The number of hydrogen-bond acceptors (Lipinski definition) is 5. The molecule has 9 heteroatoms. The third-order valence-corrected chi connectivity index (χ3v) is 8.09. The molecular weight excluding hydrogens is 490 g/mol. The van der Waals surface area contributed by atoms with Crippen molar-refractivity contribution in [2.45, 2.75) is 82.7 Å². The zero-order chi connectivity index (χ0) is 27.4. The van der Waals surface area contributed by atoms with Gasteiger partial charge in [0.25, 0.3) is 0 Å². The zero-order valence-corrected chi connectivity index (χ0v) is 23.5. The molecule has 202 valence electrons. The maximum absolute atomic E-state index is 13.4. The van der Waals surface area contributed by atoms with Gasteiger partial charge in [-0.1, -0.05) is 54.6 Å². The summed E-state index contributed by atoms with van der Waals surface area (Å²) in [7, 11) is -1.58. The fourth-order valence-corrected chi connectivity index (χ4v) is 5.64. The van der Waals surface area contributed by atoms with Crippen molar-refractivity contribution < 1.29 is 18.7 Å². The van der Waals surface area contributed by atoms with Crippen LogP contribution in [-0.4, -0.2) is 55.1 Å². The summed E-state index contributed by atoms with van der Waals surface area (Å²) in [6.45, 7) is 10.8. The number of carbonyl (C=O) groups is 1. The highest BCUT2D eigenvalue weighted by atomic mass is 32.2. The van der Waals surface area contributed by atoms with Gasteiger partial charge >= 0.3 is 6.09 Å². The molecule has 1 aliphatic rings. The lowest BCUT2D eigenvalue weighted by molar-refractivity contribution is -0.492. The molecular formula is C28H39N3O5S. The van der Waals surface area contributed by atoms with Gasteiger partial charge in [-0.25, -0.2) is 13.7 Å². The highest BCUT2D eigenvalue weighted by molar-refractivity contribution is 7.84. The van der Waals surface area contributed by atoms with E-state index in [4.69, 9.17) is 4.74 Å². The predicted octanol–water partition coefficient (Wildman–Crippen LogP) is 5.36. The Kier molecular flexibility index (Phi) is 8.80. The highest BCUT2D eigenvalue weighted by Crippen LogP contribution is 2.34. The van der Waals surface area contributed by atoms with Gasteiger partial charge in [-0.05, 0) is 77.5 Å². The minimum absolute atomic E-state index is 0.349. The van der Waals surface area contributed by atoms with E-state index in [0.717, 1.165) is 16.7 Å². The maximum Gasteiger partial charge on any atom is 0.410 e. The monoisotopic (exact) mass is 529 g/mol. The number of hydrogen-bond donors (Lipinski definition) is 1. The third-order valence-electron chi connectivity index (χ3n) is 6.39. The van der Waals surface area contributed by atoms with Crippen molar-refractivity contribution in [3.63, 3.8) is 0 Å². The maximum atomic E-state index is 13.4. The van der Waals surface area contributed by atoms with E-state index in [1.807, 2.05) is 69.3 Å². The summed E-state index contributed by atoms with van der Waals surface area (Å²) in [5, 5.41) is 12.0. The molecule has 0 saturated carbocycles. The molecule has 1 amide bonds. The molecule has 2 aromatic rings. The molecule has 0 bridgehead atoms. The number of carbonyl (C=O) groups excluding carboxylic acids is 1. The van der Waals surface area contributed by atoms with Crippen molar-refractivity contribution in [3.05, 3.63) is 70.3 Å². The molecule has 3 atom stereocenters. The minimum atomic E-state index is -1.58. The molecule has 2 aromatic carbocycles. The van der Waals surface area contributed by atoms with Gasteiger partial charge in [0, 0.05) is 11.5 Å². The standard InChI is InChI=1S/C28H39N3O5S/c1-26(2,3)36-25(32)30-17-11-16-28(20-31(33)34,29-37(35)27(4,5)6)24(30)19-21-12-10-15-23(18-21)22-13-8-7-9-14-22/h7-10,12-15,18,24,29H,11,16-17,19-20H2,1-6H3/t24?,28?,37-/m1/s1. The molecule has 2 unspecified atom stereocenters. The van der Waals surface area contributed by atoms with E-state index in [1.54, 1.807) is 25.7 Å². The van der Waals surface area contributed by atoms with Gasteiger partial charge in [-0.15, -0.1) is 0 Å². The number of amides is 1. The summed E-state index contributed by atoms with van der Waals surface area (Å²) in [5.74, 6) is 0. The van der Waals surface area contributed by atoms with Crippen molar-refractivity contribution in [1.29, 1.82) is 0 Å². The van der Waals surface area contributed by atoms with Gasteiger partial charge in [0.15, 0.2) is 0 Å². The Morgan fingerprint density at radius 2 is 1.76 bits per heavy atom. The van der Waals surface area contributed by atoms with Gasteiger partial charge in [0.2, 0.25) is 6.54 Å². The Labute approximate surface area is 222 Å². The van der Waals surface area contributed by atoms with Gasteiger partial charge in [0.05, 0.1) is 21.8 Å². The van der Waals surface area contributed by atoms with Gasteiger partial charge in [-0.3, -0.25) is 10.1 Å². The molecule has 1 fully saturated rings. The van der Waals surface area contributed by atoms with Crippen LogP contribution in [0.15, 0.2) is 54.6 Å². The number of nitrogens with zero attached hydrogens (tertiary/aromatic N) is 2. The van der Waals surface area contributed by atoms with E-state index in [1.165, 1.54) is 0 Å². The number of ether oxygens (including phenoxy) is 1. The quantitative estimate of drug-likeness (QED) is 0.384. The molecule has 8 nitrogen and oxygen atoms in total. The minimum Gasteiger partial charge on any atom is -0.444 e. The largest absolute Gasteiger partial charge is 0.444 e. The molecule has 1 heterocycles. The summed E-state index contributed by atoms with van der Waals surface area (Å²) in [4.78, 5) is 26.6. The van der Waals surface area contributed by atoms with Crippen LogP contribution in [0.2, 0.25) is 0 Å². The molecule has 1 saturated heterocycles. The summed E-state index contributed by atoms with van der Waals surface area (Å²) in [5.41, 5.74) is 1.08. The lowest BCUT2D eigenvalue weighted by Crippen LogP contribution is -2.69. The zero-order valence-electron chi connectivity index (χ0n) is 22.7. The normalized spacial score (nSPS) is 21.4. The van der Waals surface area contributed by atoms with Gasteiger partial charge in [-0.2, -0.15) is 0 Å². The number of likely N-dealkylation sites (tertiary alicyclic amines) is 1. The first-order chi connectivity index (χ1) is 17.2. The molecule has 0 radical (unpaired) electrons. The van der Waals surface area contributed by atoms with Crippen LogP contribution in [0, 0.1) is 10.1 Å². The molecule has 1 N–H and O–H groups in total. The summed E-state index contributed by atoms with van der Waals surface area (Å²) in [6.07, 6.45) is 0.773. The van der Waals surface area contributed by atoms with E-state index < -0.39 is 45.6 Å². The molecule has 1 aliphatic heterocycles. The number of benzene rings is 2. The Morgan fingerprint density at radius 3 is 2.35 bits per heavy atom. The predicted molar refractivity (Wildman–Crippen MR) is 147 cm³/mol. The van der Waals surface area contributed by atoms with E-state index >= 15 is 0 Å². The van der Waals surface area contributed by atoms with Crippen molar-refractivity contribution in [2.24, 2.45) is 0 Å². The van der Waals surface area contributed by atoms with Crippen molar-refractivity contribution in [3.8, 4) is 11.1 Å². The second-order valence-corrected chi connectivity index (χ2v) is 13.7. The van der Waals surface area contributed by atoms with E-state index in [9.17, 15) is 19.1 Å². The molecule has 0 spiro atoms. The number of nitrogens with one attached hydrogen (secondary N) is 1. The number of piperidine rings is 1. The third kappa shape index (κ3) is 7.61. The highest BCUT2D eigenvalue weighted by Gasteiger charge is 2.52. The van der Waals surface area contributed by atoms with Crippen molar-refractivity contribution >= 4 is 17.1 Å². The van der Waals surface area contributed by atoms with Crippen LogP contribution in [-0.2, 0) is 22.1 Å². The fraction of sp³-hybridized carbons (Fsp3) is 0.536. The van der Waals surface area contributed by atoms with Gasteiger partial charge < -0.3 is 9.64 Å². The van der Waals surface area contributed by atoms with E-state index in [2.05, 4.69) is 10.8 Å². The SMILES string of the molecule is CC(C)(C)OC(=O)N1CCCC(C[N+](=O)[O-])(N[S@](=O)C(C)(C)C)C1Cc1cccc(-c2ccccc2)c1. The van der Waals surface area contributed by atoms with Crippen molar-refractivity contribution in [2.75, 3.05) is 13.1 Å². The lowest BCUT2D eigenvalue weighted by atomic mass is 9.78. The Hall–Kier alpha value is -2.78. The molecule has 3 rings (SSSR count). The summed E-state index contributed by atoms with van der Waals surface area (Å²) >= 11 is 0. The first kappa shape index (κ1) is 28.8. The lowest BCUT2D eigenvalue weighted by Gasteiger charge is -2.48. The fourth-order valence-electron chi connectivity index (χ4n) is 4.67. The molecule has 0 aliphatic carbocycles. The van der Waals surface area contributed by atoms with Crippen LogP contribution in [0.5, 0.6) is 0 Å². The van der Waals surface area contributed by atoms with Crippen LogP contribution in [0.25, 0.3) is 11.1 Å². The summed E-state index contributed by atoms with van der Waals surface area (Å²) in [6, 6.07) is 17.3. The van der Waals surface area contributed by atoms with Crippen LogP contribution >= 0.6 is 0 Å². The van der Waals surface area contributed by atoms with E-state index in [0.29, 0.717) is 25.8 Å². The smallest absolute Gasteiger partial charge is 0.410 e.